The average Bonchev–Trinajstić information content (AvgIpc) is 3.95. The third-order valence-corrected chi connectivity index (χ3v) is 10.0. The number of aliphatic hydroxyl groups is 3. The van der Waals surface area contributed by atoms with Crippen molar-refractivity contribution in [2.24, 2.45) is 17.8 Å². The van der Waals surface area contributed by atoms with Gasteiger partial charge in [0.15, 0.2) is 0 Å². The molecule has 2 aromatic heterocycles. The summed E-state index contributed by atoms with van der Waals surface area (Å²) in [5.41, 5.74) is -1.95. The Morgan fingerprint density at radius 1 is 0.963 bits per heavy atom. The van der Waals surface area contributed by atoms with Crippen molar-refractivity contribution in [3.8, 4) is 17.0 Å². The SMILES string of the molecule is O=C(Nc1ccc(OC(F)(F)Cl)cc1)c1cnc(N2CC[C@@H](O)C2)c(-c2ccnn2CCOCCOCCOCCNC(=O)[C@H]2C[C@@H]3C[C@H]2[C@@H](O)[C@H]3O)c1. The largest absolute Gasteiger partial charge is 0.487 e. The number of amides is 2. The van der Waals surface area contributed by atoms with Crippen LogP contribution in [-0.2, 0) is 25.5 Å². The van der Waals surface area contributed by atoms with Crippen LogP contribution in [0.5, 0.6) is 5.75 Å². The Hall–Kier alpha value is -3.97. The highest BCUT2D eigenvalue weighted by Crippen LogP contribution is 2.48. The number of ether oxygens (including phenoxy) is 4. The van der Waals surface area contributed by atoms with Crippen LogP contribution in [0.1, 0.15) is 29.6 Å². The molecule has 0 spiro atoms. The second kappa shape index (κ2) is 18.1. The maximum atomic E-state index is 13.2. The van der Waals surface area contributed by atoms with E-state index >= 15 is 0 Å². The number of hydrogen-bond acceptors (Lipinski definition) is 12. The Labute approximate surface area is 315 Å². The Morgan fingerprint density at radius 2 is 1.69 bits per heavy atom. The van der Waals surface area contributed by atoms with E-state index in [2.05, 4.69) is 25.5 Å². The number of benzene rings is 1. The summed E-state index contributed by atoms with van der Waals surface area (Å²) in [6, 6.07) is 8.83. The van der Waals surface area contributed by atoms with Crippen LogP contribution in [0.15, 0.2) is 48.8 Å². The van der Waals surface area contributed by atoms with Crippen LogP contribution in [0.2, 0.25) is 0 Å². The number of β-amino-alcohol motifs (C(OH)–C–C–N with tert-alkyl or cyclic N) is 1. The van der Waals surface area contributed by atoms with E-state index in [9.17, 15) is 33.7 Å². The van der Waals surface area contributed by atoms with Crippen LogP contribution in [0.4, 0.5) is 20.3 Å². The molecule has 3 aromatic rings. The van der Waals surface area contributed by atoms with E-state index in [1.54, 1.807) is 16.9 Å². The molecule has 2 amide bonds. The van der Waals surface area contributed by atoms with Crippen LogP contribution in [0.25, 0.3) is 11.3 Å². The lowest BCUT2D eigenvalue weighted by Crippen LogP contribution is -2.43. The molecule has 294 valence electrons. The average molecular weight is 779 g/mol. The van der Waals surface area contributed by atoms with Crippen molar-refractivity contribution in [1.29, 1.82) is 0 Å². The number of alkyl halides is 3. The Morgan fingerprint density at radius 3 is 2.35 bits per heavy atom. The van der Waals surface area contributed by atoms with Crippen LogP contribution < -0.4 is 20.3 Å². The summed E-state index contributed by atoms with van der Waals surface area (Å²) in [6.07, 6.45) is 2.91. The van der Waals surface area contributed by atoms with Gasteiger partial charge in [0.25, 0.3) is 5.91 Å². The number of nitrogens with one attached hydrogen (secondary N) is 2. The topological polar surface area (TPSA) is 190 Å². The minimum atomic E-state index is -3.86. The number of halogens is 3. The Bertz CT molecular complexity index is 1710. The summed E-state index contributed by atoms with van der Waals surface area (Å²) in [5, 5.41) is 40.2. The van der Waals surface area contributed by atoms with Crippen molar-refractivity contribution in [1.82, 2.24) is 20.1 Å². The van der Waals surface area contributed by atoms with Gasteiger partial charge < -0.3 is 49.8 Å². The first-order chi connectivity index (χ1) is 26.0. The number of hydrogen-bond donors (Lipinski definition) is 5. The van der Waals surface area contributed by atoms with Gasteiger partial charge in [0, 0.05) is 60.8 Å². The van der Waals surface area contributed by atoms with Gasteiger partial charge in [0.1, 0.15) is 11.6 Å². The van der Waals surface area contributed by atoms with Crippen LogP contribution in [0.3, 0.4) is 0 Å². The zero-order valence-corrected chi connectivity index (χ0v) is 30.2. The predicted molar refractivity (Wildman–Crippen MR) is 191 cm³/mol. The first-order valence-corrected chi connectivity index (χ1v) is 18.3. The number of aromatic nitrogens is 3. The molecule has 2 aliphatic carbocycles. The van der Waals surface area contributed by atoms with Gasteiger partial charge in [-0.2, -0.15) is 5.10 Å². The summed E-state index contributed by atoms with van der Waals surface area (Å²) in [6.45, 7) is 3.78. The van der Waals surface area contributed by atoms with Crippen LogP contribution in [0, 0.1) is 17.8 Å². The van der Waals surface area contributed by atoms with Gasteiger partial charge in [0.05, 0.1) is 75.8 Å². The molecule has 5 N–H and O–H groups in total. The third-order valence-electron chi connectivity index (χ3n) is 9.92. The van der Waals surface area contributed by atoms with Crippen molar-refractivity contribution in [2.75, 3.05) is 69.5 Å². The Kier molecular flexibility index (Phi) is 13.3. The normalized spacial score (nSPS) is 23.6. The summed E-state index contributed by atoms with van der Waals surface area (Å²) >= 11 is 4.82. The van der Waals surface area contributed by atoms with E-state index in [4.69, 9.17) is 25.8 Å². The van der Waals surface area contributed by atoms with Gasteiger partial charge in [0.2, 0.25) is 5.91 Å². The van der Waals surface area contributed by atoms with Crippen molar-refractivity contribution in [2.45, 2.75) is 49.7 Å². The lowest BCUT2D eigenvalue weighted by atomic mass is 9.84. The highest BCUT2D eigenvalue weighted by atomic mass is 35.5. The quantitative estimate of drug-likeness (QED) is 0.0885. The van der Waals surface area contributed by atoms with E-state index < -0.39 is 29.8 Å². The monoisotopic (exact) mass is 778 g/mol. The lowest BCUT2D eigenvalue weighted by Gasteiger charge is -2.28. The molecule has 0 radical (unpaired) electrons. The number of fused-ring (bicyclic) bond motifs is 2. The van der Waals surface area contributed by atoms with E-state index in [1.807, 2.05) is 11.0 Å². The second-order valence-corrected chi connectivity index (χ2v) is 14.0. The number of aliphatic hydroxyl groups excluding tert-OH is 3. The van der Waals surface area contributed by atoms with E-state index in [0.29, 0.717) is 108 Å². The van der Waals surface area contributed by atoms with Crippen molar-refractivity contribution in [3.63, 3.8) is 0 Å². The smallest absolute Gasteiger partial charge is 0.420 e. The zero-order valence-electron chi connectivity index (χ0n) is 29.5. The summed E-state index contributed by atoms with van der Waals surface area (Å²) in [5.74, 6) is -0.606. The molecule has 1 aromatic carbocycles. The van der Waals surface area contributed by atoms with E-state index in [0.717, 1.165) is 0 Å². The first-order valence-electron chi connectivity index (χ1n) is 18.0. The summed E-state index contributed by atoms with van der Waals surface area (Å²) in [7, 11) is 0. The first kappa shape index (κ1) is 39.7. The maximum Gasteiger partial charge on any atom is 0.487 e. The molecular weight excluding hydrogens is 734 g/mol. The van der Waals surface area contributed by atoms with Crippen molar-refractivity contribution in [3.05, 3.63) is 54.4 Å². The molecule has 1 saturated heterocycles. The highest BCUT2D eigenvalue weighted by molar-refractivity contribution is 6.20. The fraction of sp³-hybridized carbons (Fsp3) is 0.556. The maximum absolute atomic E-state index is 13.2. The van der Waals surface area contributed by atoms with Gasteiger partial charge in [-0.15, -0.1) is 8.78 Å². The predicted octanol–water partition coefficient (Wildman–Crippen LogP) is 2.48. The molecule has 3 fully saturated rings. The van der Waals surface area contributed by atoms with Gasteiger partial charge in [-0.25, -0.2) is 4.98 Å². The minimum absolute atomic E-state index is 0.00390. The van der Waals surface area contributed by atoms with Crippen LogP contribution in [-0.4, -0.2) is 125 Å². The molecule has 0 unspecified atom stereocenters. The van der Waals surface area contributed by atoms with Gasteiger partial charge in [-0.1, -0.05) is 0 Å². The van der Waals surface area contributed by atoms with Crippen LogP contribution >= 0.6 is 11.6 Å². The van der Waals surface area contributed by atoms with Crippen molar-refractivity contribution < 1.29 is 52.6 Å². The number of nitrogens with zero attached hydrogens (tertiary/aromatic N) is 4. The zero-order chi connectivity index (χ0) is 38.2. The summed E-state index contributed by atoms with van der Waals surface area (Å²) in [4.78, 5) is 32.3. The number of carbonyl (C=O) groups excluding carboxylic acids is 2. The number of carbonyl (C=O) groups is 2. The van der Waals surface area contributed by atoms with E-state index in [-0.39, 0.29) is 35.0 Å². The molecule has 2 saturated carbocycles. The highest BCUT2D eigenvalue weighted by Gasteiger charge is 2.53. The number of pyridine rings is 1. The van der Waals surface area contributed by atoms with Gasteiger partial charge >= 0.3 is 5.57 Å². The number of rotatable bonds is 19. The standard InChI is InChI=1S/C36H45ClF2N6O9/c37-36(38,39)54-26-3-1-24(2-4-26)43-34(49)23-19-29(33(41-20-23)44-9-6-25(46)21-44)30-5-7-42-45(30)10-12-52-14-16-53-15-13-51-11-8-40-35(50)28-18-22-17-27(28)32(48)31(22)47/h1-5,7,19-20,22,25,27-28,31-32,46-48H,6,8-18,21H2,(H,40,50)(H,43,49)/t22-,25+,27+,28-,31-,32+/m0/s1. The molecule has 6 rings (SSSR count). The minimum Gasteiger partial charge on any atom is -0.420 e. The van der Waals surface area contributed by atoms with Gasteiger partial charge in [-0.3, -0.25) is 14.3 Å². The molecule has 2 bridgehead atoms. The van der Waals surface area contributed by atoms with E-state index in [1.165, 1.54) is 30.5 Å². The third kappa shape index (κ3) is 10.2. The Balaban J connectivity index is 0.929. The fourth-order valence-corrected chi connectivity index (χ4v) is 7.40. The summed E-state index contributed by atoms with van der Waals surface area (Å²) < 4.78 is 48.9. The molecule has 54 heavy (non-hydrogen) atoms. The molecule has 1 aliphatic heterocycles. The molecular formula is C36H45ClF2N6O9. The molecule has 15 nitrogen and oxygen atoms in total. The number of anilines is 2. The molecule has 3 heterocycles. The fourth-order valence-electron chi connectivity index (χ4n) is 7.31. The van der Waals surface area contributed by atoms with Crippen molar-refractivity contribution >= 4 is 34.9 Å². The molecule has 3 aliphatic rings. The molecule has 6 atom stereocenters. The lowest BCUT2D eigenvalue weighted by molar-refractivity contribution is -0.130. The molecule has 18 heteroatoms. The van der Waals surface area contributed by atoms with Gasteiger partial charge in [-0.05, 0) is 67.5 Å². The second-order valence-electron chi connectivity index (χ2n) is 13.6.